The second-order valence-electron chi connectivity index (χ2n) is 4.18. The average molecular weight is 269 g/mol. The zero-order valence-electron chi connectivity index (χ0n) is 10.7. The predicted molar refractivity (Wildman–Crippen MR) is 73.0 cm³/mol. The van der Waals surface area contributed by atoms with E-state index < -0.39 is 5.97 Å². The van der Waals surface area contributed by atoms with Crippen LogP contribution < -0.4 is 4.74 Å². The van der Waals surface area contributed by atoms with Gasteiger partial charge < -0.3 is 14.3 Å². The molecule has 1 aromatic heterocycles. The van der Waals surface area contributed by atoms with Crippen LogP contribution in [0.2, 0.25) is 0 Å². The Hall–Kier alpha value is -2.82. The normalized spacial score (nSPS) is 10.7. The molecule has 0 amide bonds. The van der Waals surface area contributed by atoms with Gasteiger partial charge in [-0.1, -0.05) is 18.2 Å². The van der Waals surface area contributed by atoms with Crippen molar-refractivity contribution in [1.29, 1.82) is 0 Å². The number of aromatic carboxylic acids is 1. The van der Waals surface area contributed by atoms with Crippen molar-refractivity contribution < 1.29 is 19.1 Å². The number of aromatic nitrogens is 1. The number of nitrogens with zero attached hydrogens (tertiary/aromatic N) is 1. The number of benzene rings is 2. The van der Waals surface area contributed by atoms with Crippen LogP contribution in [-0.4, -0.2) is 23.2 Å². The molecule has 0 unspecified atom stereocenters. The minimum Gasteiger partial charge on any atom is -0.496 e. The van der Waals surface area contributed by atoms with Gasteiger partial charge in [0.15, 0.2) is 5.58 Å². The summed E-state index contributed by atoms with van der Waals surface area (Å²) in [7, 11) is 1.56. The maximum Gasteiger partial charge on any atom is 0.339 e. The first kappa shape index (κ1) is 12.2. The summed E-state index contributed by atoms with van der Waals surface area (Å²) in [5.74, 6) is -0.0830. The lowest BCUT2D eigenvalue weighted by Crippen LogP contribution is -1.95. The highest BCUT2D eigenvalue weighted by molar-refractivity contribution is 6.00. The number of oxazole rings is 1. The van der Waals surface area contributed by atoms with Crippen molar-refractivity contribution in [2.45, 2.75) is 0 Å². The Morgan fingerprint density at radius 3 is 2.75 bits per heavy atom. The molecule has 3 aromatic rings. The van der Waals surface area contributed by atoms with E-state index in [-0.39, 0.29) is 11.1 Å². The van der Waals surface area contributed by atoms with Gasteiger partial charge in [-0.05, 0) is 24.3 Å². The molecule has 5 heteroatoms. The van der Waals surface area contributed by atoms with Gasteiger partial charge in [-0.2, -0.15) is 0 Å². The monoisotopic (exact) mass is 269 g/mol. The van der Waals surface area contributed by atoms with Crippen molar-refractivity contribution in [3.05, 3.63) is 48.0 Å². The molecule has 5 nitrogen and oxygen atoms in total. The van der Waals surface area contributed by atoms with Gasteiger partial charge in [0.1, 0.15) is 16.8 Å². The molecule has 0 radical (unpaired) electrons. The van der Waals surface area contributed by atoms with Crippen molar-refractivity contribution in [3.8, 4) is 17.2 Å². The number of carbonyl (C=O) groups is 1. The average Bonchev–Trinajstić information content (AvgIpc) is 2.90. The SMILES string of the molecule is COc1ccccc1-c1nc2cccc(C(=O)O)c2o1. The van der Waals surface area contributed by atoms with Crippen LogP contribution in [0.5, 0.6) is 5.75 Å². The summed E-state index contributed by atoms with van der Waals surface area (Å²) in [5.41, 5.74) is 1.55. The lowest BCUT2D eigenvalue weighted by atomic mass is 10.2. The van der Waals surface area contributed by atoms with Crippen LogP contribution in [0, 0.1) is 0 Å². The molecule has 0 saturated heterocycles. The van der Waals surface area contributed by atoms with Crippen molar-refractivity contribution >= 4 is 17.1 Å². The summed E-state index contributed by atoms with van der Waals surface area (Å²) in [6.45, 7) is 0. The number of rotatable bonds is 3. The first-order valence-electron chi connectivity index (χ1n) is 5.97. The van der Waals surface area contributed by atoms with Crippen LogP contribution in [0.3, 0.4) is 0 Å². The van der Waals surface area contributed by atoms with Crippen LogP contribution >= 0.6 is 0 Å². The first-order valence-corrected chi connectivity index (χ1v) is 5.97. The van der Waals surface area contributed by atoms with Gasteiger partial charge in [0, 0.05) is 0 Å². The van der Waals surface area contributed by atoms with Crippen molar-refractivity contribution in [3.63, 3.8) is 0 Å². The van der Waals surface area contributed by atoms with Crippen molar-refractivity contribution in [1.82, 2.24) is 4.98 Å². The molecule has 0 saturated carbocycles. The number of ether oxygens (including phenoxy) is 1. The summed E-state index contributed by atoms with van der Waals surface area (Å²) in [6.07, 6.45) is 0. The molecule has 100 valence electrons. The largest absolute Gasteiger partial charge is 0.496 e. The molecular formula is C15H11NO4. The summed E-state index contributed by atoms with van der Waals surface area (Å²) >= 11 is 0. The molecule has 0 atom stereocenters. The second kappa shape index (κ2) is 4.70. The van der Waals surface area contributed by atoms with Gasteiger partial charge in [0.25, 0.3) is 0 Å². The molecule has 0 fully saturated rings. The highest BCUT2D eigenvalue weighted by atomic mass is 16.5. The molecule has 0 bridgehead atoms. The number of carboxylic acids is 1. The van der Waals surface area contributed by atoms with E-state index in [0.29, 0.717) is 22.7 Å². The smallest absolute Gasteiger partial charge is 0.339 e. The fourth-order valence-electron chi connectivity index (χ4n) is 2.05. The van der Waals surface area contributed by atoms with Crippen LogP contribution in [0.4, 0.5) is 0 Å². The number of methoxy groups -OCH3 is 1. The van der Waals surface area contributed by atoms with Gasteiger partial charge in [0.05, 0.1) is 12.7 Å². The third-order valence-electron chi connectivity index (χ3n) is 2.98. The number of carboxylic acid groups (broad SMARTS) is 1. The highest BCUT2D eigenvalue weighted by Crippen LogP contribution is 2.32. The zero-order chi connectivity index (χ0) is 14.1. The molecule has 2 aromatic carbocycles. The van der Waals surface area contributed by atoms with Crippen LogP contribution in [0.25, 0.3) is 22.6 Å². The Kier molecular flexibility index (Phi) is 2.87. The van der Waals surface area contributed by atoms with Gasteiger partial charge in [0.2, 0.25) is 5.89 Å². The van der Waals surface area contributed by atoms with Crippen LogP contribution in [0.15, 0.2) is 46.9 Å². The quantitative estimate of drug-likeness (QED) is 0.790. The third kappa shape index (κ3) is 1.89. The van der Waals surface area contributed by atoms with E-state index >= 15 is 0 Å². The van der Waals surface area contributed by atoms with E-state index in [9.17, 15) is 4.79 Å². The van der Waals surface area contributed by atoms with Crippen molar-refractivity contribution in [2.24, 2.45) is 0 Å². The zero-order valence-corrected chi connectivity index (χ0v) is 10.7. The first-order chi connectivity index (χ1) is 9.70. The second-order valence-corrected chi connectivity index (χ2v) is 4.18. The maximum absolute atomic E-state index is 11.2. The van der Waals surface area contributed by atoms with E-state index in [4.69, 9.17) is 14.3 Å². The van der Waals surface area contributed by atoms with E-state index in [1.165, 1.54) is 6.07 Å². The topological polar surface area (TPSA) is 72.6 Å². The molecule has 0 aliphatic carbocycles. The Balaban J connectivity index is 2.23. The van der Waals surface area contributed by atoms with Crippen LogP contribution in [-0.2, 0) is 0 Å². The van der Waals surface area contributed by atoms with Gasteiger partial charge >= 0.3 is 5.97 Å². The molecule has 1 N–H and O–H groups in total. The fourth-order valence-corrected chi connectivity index (χ4v) is 2.05. The Morgan fingerprint density at radius 1 is 1.20 bits per heavy atom. The minimum atomic E-state index is -1.04. The molecule has 1 heterocycles. The standard InChI is InChI=1S/C15H11NO4/c1-19-12-8-3-2-5-9(12)14-16-11-7-4-6-10(15(17)18)13(11)20-14/h2-8H,1H3,(H,17,18). The maximum atomic E-state index is 11.2. The Morgan fingerprint density at radius 2 is 2.00 bits per heavy atom. The molecule has 0 spiro atoms. The van der Waals surface area contributed by atoms with E-state index in [2.05, 4.69) is 4.98 Å². The summed E-state index contributed by atoms with van der Waals surface area (Å²) in [5, 5.41) is 9.15. The van der Waals surface area contributed by atoms with E-state index in [0.717, 1.165) is 0 Å². The summed E-state index contributed by atoms with van der Waals surface area (Å²) in [4.78, 5) is 15.5. The minimum absolute atomic E-state index is 0.0937. The highest BCUT2D eigenvalue weighted by Gasteiger charge is 2.17. The summed E-state index contributed by atoms with van der Waals surface area (Å²) in [6, 6.07) is 12.1. The molecular weight excluding hydrogens is 258 g/mol. The molecule has 0 aliphatic rings. The lowest BCUT2D eigenvalue weighted by molar-refractivity contribution is 0.0698. The third-order valence-corrected chi connectivity index (χ3v) is 2.98. The van der Waals surface area contributed by atoms with Gasteiger partial charge in [-0.3, -0.25) is 0 Å². The van der Waals surface area contributed by atoms with Gasteiger partial charge in [-0.15, -0.1) is 0 Å². The molecule has 0 aliphatic heterocycles. The number of hydrogen-bond donors (Lipinski definition) is 1. The van der Waals surface area contributed by atoms with E-state index in [1.807, 2.05) is 18.2 Å². The Bertz CT molecular complexity index is 791. The number of para-hydroxylation sites is 2. The van der Waals surface area contributed by atoms with E-state index in [1.54, 1.807) is 25.3 Å². The lowest BCUT2D eigenvalue weighted by Gasteiger charge is -2.03. The number of hydrogen-bond acceptors (Lipinski definition) is 4. The predicted octanol–water partition coefficient (Wildman–Crippen LogP) is 3.20. The molecule has 20 heavy (non-hydrogen) atoms. The summed E-state index contributed by atoms with van der Waals surface area (Å²) < 4.78 is 10.9. The van der Waals surface area contributed by atoms with Gasteiger partial charge in [-0.25, -0.2) is 9.78 Å². The Labute approximate surface area is 114 Å². The fraction of sp³-hybridized carbons (Fsp3) is 0.0667. The van der Waals surface area contributed by atoms with Crippen molar-refractivity contribution in [2.75, 3.05) is 7.11 Å². The number of fused-ring (bicyclic) bond motifs is 1. The molecule has 3 rings (SSSR count). The van der Waals surface area contributed by atoms with Crippen LogP contribution in [0.1, 0.15) is 10.4 Å².